The topological polar surface area (TPSA) is 38.0 Å². The molecule has 0 bridgehead atoms. The molecule has 0 aromatic heterocycles. The van der Waals surface area contributed by atoms with Crippen LogP contribution in [0.3, 0.4) is 0 Å². The van der Waals surface area contributed by atoms with E-state index in [-0.39, 0.29) is 11.9 Å². The van der Waals surface area contributed by atoms with E-state index in [0.29, 0.717) is 6.42 Å². The van der Waals surface area contributed by atoms with E-state index in [0.717, 1.165) is 22.9 Å². The summed E-state index contributed by atoms with van der Waals surface area (Å²) in [5.41, 5.74) is 3.54. The first-order chi connectivity index (χ1) is 10.2. The minimum absolute atomic E-state index is 0.143. The van der Waals surface area contributed by atoms with Crippen LogP contribution in [0.1, 0.15) is 63.9 Å². The third kappa shape index (κ3) is 7.93. The summed E-state index contributed by atoms with van der Waals surface area (Å²) in [6, 6.07) is 5.20. The van der Waals surface area contributed by atoms with Crippen LogP contribution < -0.4 is 11.3 Å². The SMILES string of the molecule is CCCCCCCCCC(Cc1cc(Br)ccc1F)NN. The van der Waals surface area contributed by atoms with Gasteiger partial charge in [0.25, 0.3) is 0 Å². The van der Waals surface area contributed by atoms with Gasteiger partial charge in [0.15, 0.2) is 0 Å². The van der Waals surface area contributed by atoms with Crippen molar-refractivity contribution in [3.8, 4) is 0 Å². The third-order valence-corrected chi connectivity index (χ3v) is 4.36. The minimum atomic E-state index is -0.155. The van der Waals surface area contributed by atoms with Crippen LogP contribution in [-0.4, -0.2) is 6.04 Å². The Kier molecular flexibility index (Phi) is 9.89. The lowest BCUT2D eigenvalue weighted by atomic mass is 9.99. The number of unbranched alkanes of at least 4 members (excludes halogenated alkanes) is 6. The zero-order valence-electron chi connectivity index (χ0n) is 13.0. The van der Waals surface area contributed by atoms with Gasteiger partial charge in [0.1, 0.15) is 5.82 Å². The summed E-state index contributed by atoms with van der Waals surface area (Å²) >= 11 is 3.38. The summed E-state index contributed by atoms with van der Waals surface area (Å²) in [5, 5.41) is 0. The van der Waals surface area contributed by atoms with Crippen LogP contribution in [0.25, 0.3) is 0 Å². The number of halogens is 2. The molecule has 4 heteroatoms. The van der Waals surface area contributed by atoms with E-state index < -0.39 is 0 Å². The molecule has 0 aliphatic carbocycles. The highest BCUT2D eigenvalue weighted by Gasteiger charge is 2.11. The molecule has 0 heterocycles. The first-order valence-corrected chi connectivity index (χ1v) is 8.86. The second-order valence-electron chi connectivity index (χ2n) is 5.71. The van der Waals surface area contributed by atoms with Crippen molar-refractivity contribution in [3.05, 3.63) is 34.1 Å². The van der Waals surface area contributed by atoms with Gasteiger partial charge in [-0.15, -0.1) is 0 Å². The van der Waals surface area contributed by atoms with Crippen LogP contribution in [0, 0.1) is 5.82 Å². The monoisotopic (exact) mass is 358 g/mol. The standard InChI is InChI=1S/C17H28BrFN2/c1-2-3-4-5-6-7-8-9-16(21-20)13-14-12-15(18)10-11-17(14)19/h10-12,16,21H,2-9,13,20H2,1H3. The zero-order valence-corrected chi connectivity index (χ0v) is 14.6. The fraction of sp³-hybridized carbons (Fsp3) is 0.647. The maximum Gasteiger partial charge on any atom is 0.126 e. The Balaban J connectivity index is 2.27. The van der Waals surface area contributed by atoms with E-state index in [1.807, 2.05) is 6.07 Å². The van der Waals surface area contributed by atoms with E-state index in [4.69, 9.17) is 5.84 Å². The van der Waals surface area contributed by atoms with Gasteiger partial charge < -0.3 is 0 Å². The van der Waals surface area contributed by atoms with E-state index in [1.165, 1.54) is 44.6 Å². The lowest BCUT2D eigenvalue weighted by Gasteiger charge is -2.16. The lowest BCUT2D eigenvalue weighted by molar-refractivity contribution is 0.451. The van der Waals surface area contributed by atoms with E-state index >= 15 is 0 Å². The number of hydrogen-bond donors (Lipinski definition) is 2. The summed E-state index contributed by atoms with van der Waals surface area (Å²) < 4.78 is 14.6. The van der Waals surface area contributed by atoms with Crippen LogP contribution >= 0.6 is 15.9 Å². The molecule has 0 spiro atoms. The van der Waals surface area contributed by atoms with E-state index in [2.05, 4.69) is 28.3 Å². The number of hydrogen-bond acceptors (Lipinski definition) is 2. The van der Waals surface area contributed by atoms with Gasteiger partial charge in [0.05, 0.1) is 0 Å². The molecule has 1 aromatic carbocycles. The smallest absolute Gasteiger partial charge is 0.126 e. The van der Waals surface area contributed by atoms with Gasteiger partial charge in [0, 0.05) is 10.5 Å². The van der Waals surface area contributed by atoms with E-state index in [1.54, 1.807) is 6.07 Å². The molecule has 21 heavy (non-hydrogen) atoms. The highest BCUT2D eigenvalue weighted by molar-refractivity contribution is 9.10. The number of benzene rings is 1. The Bertz CT molecular complexity index is 398. The molecular weight excluding hydrogens is 331 g/mol. The minimum Gasteiger partial charge on any atom is -0.271 e. The first kappa shape index (κ1) is 18.6. The van der Waals surface area contributed by atoms with Crippen molar-refractivity contribution in [2.45, 2.75) is 70.8 Å². The van der Waals surface area contributed by atoms with Crippen LogP contribution in [0.4, 0.5) is 4.39 Å². The van der Waals surface area contributed by atoms with Crippen LogP contribution in [0.15, 0.2) is 22.7 Å². The fourth-order valence-electron chi connectivity index (χ4n) is 2.56. The molecule has 1 aromatic rings. The van der Waals surface area contributed by atoms with Gasteiger partial charge in [0.2, 0.25) is 0 Å². The van der Waals surface area contributed by atoms with Crippen LogP contribution in [0.5, 0.6) is 0 Å². The van der Waals surface area contributed by atoms with E-state index in [9.17, 15) is 4.39 Å². The average Bonchev–Trinajstić information content (AvgIpc) is 2.48. The van der Waals surface area contributed by atoms with Gasteiger partial charge in [-0.05, 0) is 36.6 Å². The second-order valence-corrected chi connectivity index (χ2v) is 6.63. The predicted octanol–water partition coefficient (Wildman–Crippen LogP) is 5.10. The first-order valence-electron chi connectivity index (χ1n) is 8.07. The summed E-state index contributed by atoms with van der Waals surface area (Å²) in [6.45, 7) is 2.23. The van der Waals surface area contributed by atoms with Gasteiger partial charge in [-0.25, -0.2) is 4.39 Å². The predicted molar refractivity (Wildman–Crippen MR) is 91.5 cm³/mol. The molecule has 1 rings (SSSR count). The van der Waals surface area contributed by atoms with Crippen molar-refractivity contribution in [2.24, 2.45) is 5.84 Å². The normalized spacial score (nSPS) is 12.6. The number of nitrogens with two attached hydrogens (primary N) is 1. The fourth-order valence-corrected chi connectivity index (χ4v) is 2.97. The highest BCUT2D eigenvalue weighted by Crippen LogP contribution is 2.18. The Hall–Kier alpha value is -0.450. The van der Waals surface area contributed by atoms with Gasteiger partial charge in [-0.1, -0.05) is 67.8 Å². The molecule has 2 nitrogen and oxygen atoms in total. The molecule has 0 saturated heterocycles. The van der Waals surface area contributed by atoms with Crippen molar-refractivity contribution in [3.63, 3.8) is 0 Å². The second kappa shape index (κ2) is 11.2. The molecule has 1 atom stereocenters. The van der Waals surface area contributed by atoms with Gasteiger partial charge >= 0.3 is 0 Å². The summed E-state index contributed by atoms with van der Waals surface area (Å²) in [6.07, 6.45) is 10.6. The van der Waals surface area contributed by atoms with Gasteiger partial charge in [-0.2, -0.15) is 0 Å². The molecular formula is C17H28BrFN2. The summed E-state index contributed by atoms with van der Waals surface area (Å²) in [4.78, 5) is 0. The largest absolute Gasteiger partial charge is 0.271 e. The molecule has 1 unspecified atom stereocenters. The Morgan fingerprint density at radius 1 is 1.14 bits per heavy atom. The molecule has 120 valence electrons. The molecule has 0 radical (unpaired) electrons. The molecule has 3 N–H and O–H groups in total. The Morgan fingerprint density at radius 3 is 2.48 bits per heavy atom. The number of hydrazine groups is 1. The van der Waals surface area contributed by atoms with Gasteiger partial charge in [-0.3, -0.25) is 11.3 Å². The summed E-state index contributed by atoms with van der Waals surface area (Å²) in [5.74, 6) is 5.45. The Morgan fingerprint density at radius 2 is 1.81 bits per heavy atom. The molecule has 0 saturated carbocycles. The van der Waals surface area contributed by atoms with Crippen LogP contribution in [-0.2, 0) is 6.42 Å². The Labute approximate surface area is 136 Å². The third-order valence-electron chi connectivity index (χ3n) is 3.87. The number of rotatable bonds is 11. The lowest BCUT2D eigenvalue weighted by Crippen LogP contribution is -2.36. The molecule has 0 amide bonds. The highest BCUT2D eigenvalue weighted by atomic mass is 79.9. The zero-order chi connectivity index (χ0) is 15.5. The molecule has 0 fully saturated rings. The maximum absolute atomic E-state index is 13.7. The maximum atomic E-state index is 13.7. The van der Waals surface area contributed by atoms with Crippen LogP contribution in [0.2, 0.25) is 0 Å². The van der Waals surface area contributed by atoms with Crippen molar-refractivity contribution in [1.29, 1.82) is 0 Å². The number of nitrogens with one attached hydrogen (secondary N) is 1. The van der Waals surface area contributed by atoms with Crippen molar-refractivity contribution in [1.82, 2.24) is 5.43 Å². The van der Waals surface area contributed by atoms with Crippen molar-refractivity contribution < 1.29 is 4.39 Å². The summed E-state index contributed by atoms with van der Waals surface area (Å²) in [7, 11) is 0. The molecule has 0 aliphatic heterocycles. The van der Waals surface area contributed by atoms with Crippen molar-refractivity contribution >= 4 is 15.9 Å². The average molecular weight is 359 g/mol. The quantitative estimate of drug-likeness (QED) is 0.328. The van der Waals surface area contributed by atoms with Crippen molar-refractivity contribution in [2.75, 3.05) is 0 Å². The molecule has 0 aliphatic rings.